The largest absolute Gasteiger partial charge is 0.350 e. The third kappa shape index (κ3) is 4.01. The summed E-state index contributed by atoms with van der Waals surface area (Å²) in [6.45, 7) is 3.72. The van der Waals surface area contributed by atoms with Gasteiger partial charge in [-0.2, -0.15) is 0 Å². The van der Waals surface area contributed by atoms with Gasteiger partial charge in [0.15, 0.2) is 0 Å². The molecule has 0 aliphatic carbocycles. The molecule has 1 amide bonds. The molecule has 1 aromatic carbocycles. The Balaban J connectivity index is 1.65. The minimum absolute atomic E-state index is 0.0497. The van der Waals surface area contributed by atoms with Gasteiger partial charge in [0, 0.05) is 43.9 Å². The topological polar surface area (TPSA) is 61.4 Å². The second kappa shape index (κ2) is 7.59. The van der Waals surface area contributed by atoms with Crippen LogP contribution in [0.3, 0.4) is 0 Å². The van der Waals surface area contributed by atoms with Gasteiger partial charge in [0.1, 0.15) is 5.69 Å². The van der Waals surface area contributed by atoms with Crippen molar-refractivity contribution in [3.05, 3.63) is 52.8 Å². The smallest absolute Gasteiger partial charge is 0.272 e. The van der Waals surface area contributed by atoms with Gasteiger partial charge in [-0.3, -0.25) is 4.79 Å². The minimum Gasteiger partial charge on any atom is -0.350 e. The van der Waals surface area contributed by atoms with Gasteiger partial charge < -0.3 is 15.1 Å². The zero-order chi connectivity index (χ0) is 16.9. The van der Waals surface area contributed by atoms with E-state index in [4.69, 9.17) is 11.6 Å². The van der Waals surface area contributed by atoms with E-state index in [2.05, 4.69) is 27.2 Å². The van der Waals surface area contributed by atoms with Crippen LogP contribution in [0.2, 0.25) is 5.02 Å². The predicted molar refractivity (Wildman–Crippen MR) is 94.2 cm³/mol. The summed E-state index contributed by atoms with van der Waals surface area (Å²) in [4.78, 5) is 25.1. The Hall–Kier alpha value is -2.18. The van der Waals surface area contributed by atoms with Crippen molar-refractivity contribution in [3.63, 3.8) is 0 Å². The first-order valence-electron chi connectivity index (χ1n) is 7.91. The Morgan fingerprint density at radius 3 is 2.71 bits per heavy atom. The fraction of sp³-hybridized carbons (Fsp3) is 0.353. The van der Waals surface area contributed by atoms with E-state index in [9.17, 15) is 4.79 Å². The average Bonchev–Trinajstić information content (AvgIpc) is 2.61. The van der Waals surface area contributed by atoms with Crippen molar-refractivity contribution in [2.45, 2.75) is 6.54 Å². The molecule has 2 heterocycles. The lowest BCUT2D eigenvalue weighted by atomic mass is 10.2. The number of nitrogens with one attached hydrogen (secondary N) is 1. The van der Waals surface area contributed by atoms with E-state index in [0.717, 1.165) is 31.7 Å². The first-order chi connectivity index (χ1) is 11.6. The van der Waals surface area contributed by atoms with Gasteiger partial charge in [-0.15, -0.1) is 0 Å². The van der Waals surface area contributed by atoms with Crippen molar-refractivity contribution in [3.8, 4) is 0 Å². The van der Waals surface area contributed by atoms with Crippen molar-refractivity contribution in [2.24, 2.45) is 0 Å². The number of benzene rings is 1. The first-order valence-corrected chi connectivity index (χ1v) is 8.29. The molecule has 2 aromatic rings. The zero-order valence-corrected chi connectivity index (χ0v) is 14.3. The van der Waals surface area contributed by atoms with Gasteiger partial charge in [-0.25, -0.2) is 9.97 Å². The molecule has 0 spiro atoms. The highest BCUT2D eigenvalue weighted by Gasteiger charge is 2.21. The number of likely N-dealkylation sites (N-methyl/N-ethyl adjacent to an activating group) is 1. The van der Waals surface area contributed by atoms with E-state index < -0.39 is 0 Å². The molecule has 1 aromatic heterocycles. The summed E-state index contributed by atoms with van der Waals surface area (Å²) < 4.78 is 0. The lowest BCUT2D eigenvalue weighted by Crippen LogP contribution is -2.47. The Morgan fingerprint density at radius 2 is 1.96 bits per heavy atom. The maximum absolute atomic E-state index is 12.6. The Morgan fingerprint density at radius 1 is 1.21 bits per heavy atom. The highest BCUT2D eigenvalue weighted by Crippen LogP contribution is 2.16. The molecule has 3 rings (SSSR count). The average molecular weight is 346 g/mol. The summed E-state index contributed by atoms with van der Waals surface area (Å²) in [5, 5.41) is 3.81. The second-order valence-corrected chi connectivity index (χ2v) is 6.21. The molecular formula is C17H20ClN5O. The first kappa shape index (κ1) is 16.7. The van der Waals surface area contributed by atoms with E-state index in [1.165, 1.54) is 0 Å². The summed E-state index contributed by atoms with van der Waals surface area (Å²) >= 11 is 6.14. The molecule has 7 heteroatoms. The molecule has 0 atom stereocenters. The number of hydrogen-bond donors (Lipinski definition) is 1. The molecule has 126 valence electrons. The second-order valence-electron chi connectivity index (χ2n) is 5.81. The highest BCUT2D eigenvalue weighted by molar-refractivity contribution is 6.31. The van der Waals surface area contributed by atoms with Crippen molar-refractivity contribution in [1.82, 2.24) is 19.8 Å². The number of carbonyl (C=O) groups is 1. The van der Waals surface area contributed by atoms with E-state index in [1.807, 2.05) is 29.2 Å². The van der Waals surface area contributed by atoms with Crippen LogP contribution in [0.4, 0.5) is 5.95 Å². The van der Waals surface area contributed by atoms with Crippen LogP contribution in [0.25, 0.3) is 0 Å². The highest BCUT2D eigenvalue weighted by atomic mass is 35.5. The summed E-state index contributed by atoms with van der Waals surface area (Å²) in [7, 11) is 2.06. The number of amides is 1. The number of anilines is 1. The standard InChI is InChI=1S/C17H20ClN5O/c1-22-8-10-23(11-9-22)16(24)15-6-7-19-17(21-15)20-12-13-4-2-3-5-14(13)18/h2-7H,8-12H2,1H3,(H,19,20,21). The molecule has 0 unspecified atom stereocenters. The number of aromatic nitrogens is 2. The van der Waals surface area contributed by atoms with Gasteiger partial charge in [0.2, 0.25) is 5.95 Å². The Kier molecular flexibility index (Phi) is 5.27. The summed E-state index contributed by atoms with van der Waals surface area (Å²) in [5.41, 5.74) is 1.37. The molecule has 0 saturated carbocycles. The number of nitrogens with zero attached hydrogens (tertiary/aromatic N) is 4. The van der Waals surface area contributed by atoms with E-state index in [-0.39, 0.29) is 5.91 Å². The van der Waals surface area contributed by atoms with Crippen molar-refractivity contribution >= 4 is 23.5 Å². The molecule has 0 radical (unpaired) electrons. The molecule has 6 nitrogen and oxygen atoms in total. The number of hydrogen-bond acceptors (Lipinski definition) is 5. The minimum atomic E-state index is -0.0497. The lowest BCUT2D eigenvalue weighted by Gasteiger charge is -2.32. The summed E-state index contributed by atoms with van der Waals surface area (Å²) in [6.07, 6.45) is 1.60. The molecule has 0 bridgehead atoms. The van der Waals surface area contributed by atoms with E-state index in [0.29, 0.717) is 23.2 Å². The van der Waals surface area contributed by atoms with Gasteiger partial charge in [0.05, 0.1) is 0 Å². The molecule has 24 heavy (non-hydrogen) atoms. The van der Waals surface area contributed by atoms with Crippen molar-refractivity contribution in [1.29, 1.82) is 0 Å². The maximum atomic E-state index is 12.6. The fourth-order valence-electron chi connectivity index (χ4n) is 2.55. The maximum Gasteiger partial charge on any atom is 0.272 e. The van der Waals surface area contributed by atoms with Crippen molar-refractivity contribution < 1.29 is 4.79 Å². The Labute approximate surface area is 146 Å². The SMILES string of the molecule is CN1CCN(C(=O)c2ccnc(NCc3ccccc3Cl)n2)CC1. The van der Waals surface area contributed by atoms with Crippen LogP contribution in [-0.4, -0.2) is 58.9 Å². The fourth-order valence-corrected chi connectivity index (χ4v) is 2.75. The number of carbonyl (C=O) groups excluding carboxylic acids is 1. The van der Waals surface area contributed by atoms with Gasteiger partial charge in [0.25, 0.3) is 5.91 Å². The predicted octanol–water partition coefficient (Wildman–Crippen LogP) is 2.13. The molecule has 1 saturated heterocycles. The van der Waals surface area contributed by atoms with Crippen LogP contribution >= 0.6 is 11.6 Å². The zero-order valence-electron chi connectivity index (χ0n) is 13.6. The van der Waals surface area contributed by atoms with Crippen LogP contribution in [0, 0.1) is 0 Å². The van der Waals surface area contributed by atoms with E-state index >= 15 is 0 Å². The van der Waals surface area contributed by atoms with E-state index in [1.54, 1.807) is 12.3 Å². The van der Waals surface area contributed by atoms with Gasteiger partial charge >= 0.3 is 0 Å². The van der Waals surface area contributed by atoms with Crippen molar-refractivity contribution in [2.75, 3.05) is 38.5 Å². The van der Waals surface area contributed by atoms with Crippen LogP contribution in [0.15, 0.2) is 36.5 Å². The van der Waals surface area contributed by atoms with Crippen LogP contribution in [-0.2, 0) is 6.54 Å². The van der Waals surface area contributed by atoms with Crippen LogP contribution < -0.4 is 5.32 Å². The third-order valence-electron chi connectivity index (χ3n) is 4.06. The molecule has 1 fully saturated rings. The quantitative estimate of drug-likeness (QED) is 0.919. The summed E-state index contributed by atoms with van der Waals surface area (Å²) in [5.74, 6) is 0.376. The number of rotatable bonds is 4. The molecule has 1 N–H and O–H groups in total. The molecule has 1 aliphatic rings. The number of piperazine rings is 1. The monoisotopic (exact) mass is 345 g/mol. The number of halogens is 1. The van der Waals surface area contributed by atoms with Gasteiger partial charge in [-0.05, 0) is 24.7 Å². The van der Waals surface area contributed by atoms with Crippen LogP contribution in [0.5, 0.6) is 0 Å². The Bertz CT molecular complexity index is 716. The lowest BCUT2D eigenvalue weighted by molar-refractivity contribution is 0.0658. The third-order valence-corrected chi connectivity index (χ3v) is 4.43. The summed E-state index contributed by atoms with van der Waals surface area (Å²) in [6, 6.07) is 9.25. The normalized spacial score (nSPS) is 15.3. The van der Waals surface area contributed by atoms with Crippen LogP contribution in [0.1, 0.15) is 16.1 Å². The molecule has 1 aliphatic heterocycles. The molecular weight excluding hydrogens is 326 g/mol. The van der Waals surface area contributed by atoms with Gasteiger partial charge in [-0.1, -0.05) is 29.8 Å².